The maximum absolute atomic E-state index is 14.4. The number of esters is 1. The van der Waals surface area contributed by atoms with Crippen molar-refractivity contribution in [3.63, 3.8) is 0 Å². The van der Waals surface area contributed by atoms with E-state index in [2.05, 4.69) is 24.8 Å². The standard InChI is InChI=1S/C35H34FN7O4/c1-35(2,3)47-34(45)24-8-10-29-30(16-24)43(19-25-18-38-21-46-25)32(40-29)20-42-13-11-23(12-14-42)28-5-4-6-31(39-28)41-33(44)26-9-7-22(17-37)15-27(26)36/h4-10,15-16,18,21,23H,11-14,19-20H2,1-3H3,(H,39,41,44). The van der Waals surface area contributed by atoms with Crippen LogP contribution in [0.2, 0.25) is 0 Å². The number of aromatic nitrogens is 4. The van der Waals surface area contributed by atoms with Crippen LogP contribution < -0.4 is 5.32 Å². The summed E-state index contributed by atoms with van der Waals surface area (Å²) in [6.45, 7) is 8.12. The van der Waals surface area contributed by atoms with E-state index < -0.39 is 23.3 Å². The second-order valence-corrected chi connectivity index (χ2v) is 12.5. The molecule has 6 rings (SSSR count). The largest absolute Gasteiger partial charge is 0.456 e. The fourth-order valence-electron chi connectivity index (χ4n) is 5.70. The number of carbonyl (C=O) groups is 2. The van der Waals surface area contributed by atoms with Crippen LogP contribution in [-0.4, -0.2) is 55.0 Å². The van der Waals surface area contributed by atoms with Crippen LogP contribution in [0, 0.1) is 17.1 Å². The summed E-state index contributed by atoms with van der Waals surface area (Å²) in [6, 6.07) is 16.4. The van der Waals surface area contributed by atoms with Gasteiger partial charge in [-0.15, -0.1) is 0 Å². The number of ether oxygens (including phenoxy) is 1. The van der Waals surface area contributed by atoms with E-state index in [1.54, 1.807) is 18.3 Å². The maximum Gasteiger partial charge on any atom is 0.338 e. The first-order valence-electron chi connectivity index (χ1n) is 15.4. The Kier molecular flexibility index (Phi) is 8.82. The molecule has 0 saturated carbocycles. The number of imidazole rings is 1. The molecular weight excluding hydrogens is 601 g/mol. The minimum atomic E-state index is -0.761. The molecule has 0 atom stereocenters. The fourth-order valence-corrected chi connectivity index (χ4v) is 5.70. The Balaban J connectivity index is 1.15. The Morgan fingerprint density at radius 1 is 1.09 bits per heavy atom. The van der Waals surface area contributed by atoms with E-state index in [9.17, 15) is 14.0 Å². The Labute approximate surface area is 271 Å². The number of carbonyl (C=O) groups excluding carboxylic acids is 2. The summed E-state index contributed by atoms with van der Waals surface area (Å²) in [5.41, 5.74) is 2.26. The number of amides is 1. The van der Waals surface area contributed by atoms with Crippen molar-refractivity contribution in [1.29, 1.82) is 5.26 Å². The Morgan fingerprint density at radius 3 is 2.60 bits per heavy atom. The average molecular weight is 636 g/mol. The second-order valence-electron chi connectivity index (χ2n) is 12.5. The highest BCUT2D eigenvalue weighted by Gasteiger charge is 2.25. The number of hydrogen-bond donors (Lipinski definition) is 1. The maximum atomic E-state index is 14.4. The van der Waals surface area contributed by atoms with Crippen LogP contribution in [0.5, 0.6) is 0 Å². The molecule has 47 heavy (non-hydrogen) atoms. The summed E-state index contributed by atoms with van der Waals surface area (Å²) in [7, 11) is 0. The van der Waals surface area contributed by atoms with Gasteiger partial charge in [-0.3, -0.25) is 9.69 Å². The van der Waals surface area contributed by atoms with Gasteiger partial charge in [0.15, 0.2) is 6.39 Å². The number of likely N-dealkylation sites (tertiary alicyclic amines) is 1. The zero-order chi connectivity index (χ0) is 33.1. The first-order chi connectivity index (χ1) is 22.6. The third-order valence-electron chi connectivity index (χ3n) is 7.99. The van der Waals surface area contributed by atoms with Crippen molar-refractivity contribution in [2.24, 2.45) is 0 Å². The first kappa shape index (κ1) is 31.6. The molecule has 5 aromatic rings. The highest BCUT2D eigenvalue weighted by Crippen LogP contribution is 2.29. The lowest BCUT2D eigenvalue weighted by molar-refractivity contribution is 0.00695. The molecule has 1 aliphatic rings. The molecule has 0 spiro atoms. The number of benzene rings is 2. The third-order valence-corrected chi connectivity index (χ3v) is 7.99. The summed E-state index contributed by atoms with van der Waals surface area (Å²) in [5.74, 6) is 0.251. The molecule has 1 aliphatic heterocycles. The molecule has 12 heteroatoms. The number of pyridine rings is 1. The second kappa shape index (κ2) is 13.1. The number of halogens is 1. The summed E-state index contributed by atoms with van der Waals surface area (Å²) in [6.07, 6.45) is 4.76. The van der Waals surface area contributed by atoms with E-state index in [4.69, 9.17) is 19.4 Å². The number of anilines is 1. The lowest BCUT2D eigenvalue weighted by Gasteiger charge is -2.31. The van der Waals surface area contributed by atoms with Crippen LogP contribution >= 0.6 is 0 Å². The molecule has 1 saturated heterocycles. The number of nitrogens with zero attached hydrogens (tertiary/aromatic N) is 6. The third kappa shape index (κ3) is 7.37. The molecule has 1 N–H and O–H groups in total. The van der Waals surface area contributed by atoms with E-state index in [1.165, 1.54) is 18.5 Å². The predicted octanol–water partition coefficient (Wildman–Crippen LogP) is 6.07. The number of oxazole rings is 1. The molecule has 4 heterocycles. The van der Waals surface area contributed by atoms with Crippen LogP contribution in [0.1, 0.15) is 83.1 Å². The summed E-state index contributed by atoms with van der Waals surface area (Å²) < 4.78 is 27.6. The Hall–Kier alpha value is -5.41. The van der Waals surface area contributed by atoms with Gasteiger partial charge in [0.2, 0.25) is 0 Å². The van der Waals surface area contributed by atoms with Gasteiger partial charge in [-0.1, -0.05) is 6.07 Å². The van der Waals surface area contributed by atoms with Crippen molar-refractivity contribution in [1.82, 2.24) is 24.4 Å². The summed E-state index contributed by atoms with van der Waals surface area (Å²) in [5, 5.41) is 11.6. The number of nitriles is 1. The topological polar surface area (TPSA) is 139 Å². The number of nitrogens with one attached hydrogen (secondary N) is 1. The molecule has 0 unspecified atom stereocenters. The molecule has 240 valence electrons. The van der Waals surface area contributed by atoms with Gasteiger partial charge in [0.25, 0.3) is 5.91 Å². The van der Waals surface area contributed by atoms with Crippen molar-refractivity contribution in [2.75, 3.05) is 18.4 Å². The number of piperidine rings is 1. The lowest BCUT2D eigenvalue weighted by Crippen LogP contribution is -2.33. The van der Waals surface area contributed by atoms with E-state index in [1.807, 2.05) is 51.1 Å². The van der Waals surface area contributed by atoms with Crippen molar-refractivity contribution in [3.05, 3.63) is 107 Å². The number of rotatable bonds is 8. The van der Waals surface area contributed by atoms with Gasteiger partial charge in [-0.2, -0.15) is 5.26 Å². The minimum Gasteiger partial charge on any atom is -0.456 e. The molecule has 1 fully saturated rings. The van der Waals surface area contributed by atoms with Gasteiger partial charge >= 0.3 is 5.97 Å². The zero-order valence-corrected chi connectivity index (χ0v) is 26.4. The molecular formula is C35H34FN7O4. The molecule has 0 aliphatic carbocycles. The van der Waals surface area contributed by atoms with Crippen LogP contribution in [0.3, 0.4) is 0 Å². The predicted molar refractivity (Wildman–Crippen MR) is 171 cm³/mol. The Morgan fingerprint density at radius 2 is 1.89 bits per heavy atom. The Bertz CT molecular complexity index is 1970. The van der Waals surface area contributed by atoms with Crippen LogP contribution in [0.25, 0.3) is 11.0 Å². The molecule has 0 bridgehead atoms. The first-order valence-corrected chi connectivity index (χ1v) is 15.4. The summed E-state index contributed by atoms with van der Waals surface area (Å²) >= 11 is 0. The summed E-state index contributed by atoms with van der Waals surface area (Å²) in [4.78, 5) is 41.5. The van der Waals surface area contributed by atoms with Gasteiger partial charge in [-0.05, 0) is 95.2 Å². The molecule has 1 amide bonds. The molecule has 11 nitrogen and oxygen atoms in total. The van der Waals surface area contributed by atoms with Crippen LogP contribution in [0.15, 0.2) is 71.6 Å². The highest BCUT2D eigenvalue weighted by atomic mass is 19.1. The van der Waals surface area contributed by atoms with Crippen LogP contribution in [-0.2, 0) is 17.8 Å². The zero-order valence-electron chi connectivity index (χ0n) is 26.4. The normalized spacial score (nSPS) is 14.2. The van der Waals surface area contributed by atoms with Crippen molar-refractivity contribution in [2.45, 2.75) is 58.2 Å². The van der Waals surface area contributed by atoms with Crippen molar-refractivity contribution in [3.8, 4) is 6.07 Å². The van der Waals surface area contributed by atoms with Gasteiger partial charge < -0.3 is 19.0 Å². The lowest BCUT2D eigenvalue weighted by atomic mass is 9.93. The quantitative estimate of drug-likeness (QED) is 0.201. The van der Waals surface area contributed by atoms with Crippen LogP contribution in [0.4, 0.5) is 10.2 Å². The SMILES string of the molecule is CC(C)(C)OC(=O)c1ccc2nc(CN3CCC(c4cccc(NC(=O)c5ccc(C#N)cc5F)n4)CC3)n(Cc3cnco3)c2c1. The monoisotopic (exact) mass is 635 g/mol. The van der Waals surface area contributed by atoms with Crippen molar-refractivity contribution >= 4 is 28.7 Å². The van der Waals surface area contributed by atoms with Gasteiger partial charge in [0.05, 0.1) is 53.1 Å². The molecule has 3 aromatic heterocycles. The minimum absolute atomic E-state index is 0.143. The van der Waals surface area contributed by atoms with E-state index in [0.717, 1.165) is 54.5 Å². The highest BCUT2D eigenvalue weighted by molar-refractivity contribution is 6.04. The van der Waals surface area contributed by atoms with Gasteiger partial charge in [0.1, 0.15) is 28.8 Å². The van der Waals surface area contributed by atoms with Gasteiger partial charge in [-0.25, -0.2) is 24.1 Å². The van der Waals surface area contributed by atoms with Gasteiger partial charge in [0, 0.05) is 11.6 Å². The van der Waals surface area contributed by atoms with E-state index in [-0.39, 0.29) is 17.0 Å². The number of fused-ring (bicyclic) bond motifs is 1. The fraction of sp³-hybridized carbons (Fsp3) is 0.314. The average Bonchev–Trinajstić information content (AvgIpc) is 3.68. The smallest absolute Gasteiger partial charge is 0.338 e. The van der Waals surface area contributed by atoms with E-state index >= 15 is 0 Å². The molecule has 0 radical (unpaired) electrons. The van der Waals surface area contributed by atoms with Crippen molar-refractivity contribution < 1.29 is 23.1 Å². The van der Waals surface area contributed by atoms with E-state index in [0.29, 0.717) is 30.2 Å². The number of hydrogen-bond acceptors (Lipinski definition) is 9. The molecule has 2 aromatic carbocycles.